The number of rotatable bonds is 8. The third-order valence-corrected chi connectivity index (χ3v) is 15.4. The van der Waals surface area contributed by atoms with E-state index in [9.17, 15) is 5.11 Å². The molecule has 1 N–H and O–H groups in total. The summed E-state index contributed by atoms with van der Waals surface area (Å²) in [5.74, 6) is 5.55. The Bertz CT molecular complexity index is 929. The first-order valence-corrected chi connectivity index (χ1v) is 19.3. The molecule has 0 radical (unpaired) electrons. The van der Waals surface area contributed by atoms with Crippen molar-refractivity contribution in [1.82, 2.24) is 0 Å². The highest BCUT2D eigenvalue weighted by Gasteiger charge is 2.63. The summed E-state index contributed by atoms with van der Waals surface area (Å²) in [4.78, 5) is 0. The molecular formula is C35H58O2Si. The second kappa shape index (κ2) is 11.0. The SMILES string of the molecule is CC(C)CCC[C@@H](C)[C@H]1CC[C@H]2[C@@H]3C[C@@H](O[Si](C)(C)c4ccccc4)[C@@H]4C[C@H](O)CC[C@]4(C)[C@H]3CC[C@]12C. The fraction of sp³-hybridized carbons (Fsp3) is 0.829. The minimum absolute atomic E-state index is 0.145. The van der Waals surface area contributed by atoms with E-state index in [-0.39, 0.29) is 6.10 Å². The minimum Gasteiger partial charge on any atom is -0.410 e. The number of benzene rings is 1. The van der Waals surface area contributed by atoms with Gasteiger partial charge in [0, 0.05) is 6.10 Å². The molecule has 0 heterocycles. The average molecular weight is 539 g/mol. The van der Waals surface area contributed by atoms with Crippen LogP contribution in [0.15, 0.2) is 30.3 Å². The molecule has 3 heteroatoms. The predicted molar refractivity (Wildman–Crippen MR) is 163 cm³/mol. The molecular weight excluding hydrogens is 480 g/mol. The van der Waals surface area contributed by atoms with Gasteiger partial charge in [-0.1, -0.05) is 84.2 Å². The number of hydrogen-bond acceptors (Lipinski definition) is 2. The largest absolute Gasteiger partial charge is 0.410 e. The van der Waals surface area contributed by atoms with Gasteiger partial charge in [-0.15, -0.1) is 0 Å². The molecule has 0 aromatic heterocycles. The smallest absolute Gasteiger partial charge is 0.218 e. The lowest BCUT2D eigenvalue weighted by molar-refractivity contribution is -0.167. The van der Waals surface area contributed by atoms with Crippen molar-refractivity contribution < 1.29 is 9.53 Å². The summed E-state index contributed by atoms with van der Waals surface area (Å²) >= 11 is 0. The van der Waals surface area contributed by atoms with Crippen LogP contribution in [0.5, 0.6) is 0 Å². The van der Waals surface area contributed by atoms with Crippen LogP contribution in [-0.4, -0.2) is 25.6 Å². The van der Waals surface area contributed by atoms with Crippen LogP contribution in [0.2, 0.25) is 13.1 Å². The lowest BCUT2D eigenvalue weighted by atomic mass is 9.43. The normalized spacial score (nSPS) is 41.9. The highest BCUT2D eigenvalue weighted by atomic mass is 28.4. The van der Waals surface area contributed by atoms with Gasteiger partial charge >= 0.3 is 0 Å². The van der Waals surface area contributed by atoms with E-state index in [0.29, 0.717) is 22.9 Å². The summed E-state index contributed by atoms with van der Waals surface area (Å²) in [7, 11) is -2.04. The van der Waals surface area contributed by atoms with Gasteiger partial charge in [0.25, 0.3) is 0 Å². The van der Waals surface area contributed by atoms with Crippen molar-refractivity contribution in [2.75, 3.05) is 0 Å². The first kappa shape index (κ1) is 28.9. The molecule has 0 aliphatic heterocycles. The van der Waals surface area contributed by atoms with Crippen molar-refractivity contribution in [2.24, 2.45) is 52.3 Å². The molecule has 4 aliphatic carbocycles. The fourth-order valence-electron chi connectivity index (χ4n) is 10.7. The molecule has 4 aliphatic rings. The Balaban J connectivity index is 1.40. The molecule has 4 saturated carbocycles. The lowest BCUT2D eigenvalue weighted by Gasteiger charge is -2.63. The molecule has 0 spiro atoms. The van der Waals surface area contributed by atoms with Gasteiger partial charge in [-0.25, -0.2) is 0 Å². The average Bonchev–Trinajstić information content (AvgIpc) is 3.22. The predicted octanol–water partition coefficient (Wildman–Crippen LogP) is 8.58. The number of fused-ring (bicyclic) bond motifs is 5. The van der Waals surface area contributed by atoms with Crippen molar-refractivity contribution in [3.05, 3.63) is 30.3 Å². The third-order valence-electron chi connectivity index (χ3n) is 12.7. The number of hydrogen-bond donors (Lipinski definition) is 1. The first-order chi connectivity index (χ1) is 18.0. The molecule has 0 unspecified atom stereocenters. The van der Waals surface area contributed by atoms with E-state index in [1.165, 1.54) is 63.0 Å². The standard InChI is InChI=1S/C35H58O2Si/c1-24(2)12-11-13-25(3)29-16-17-30-28-23-33(37-38(6,7)27-14-9-8-10-15-27)32-22-26(36)18-20-35(32,5)31(28)19-21-34(29,30)4/h8-10,14-15,24-26,28-33,36H,11-13,16-23H2,1-7H3/t25-,26-,28+,29-,30+,31+,32+,33-,34-,35-/m1/s1. The summed E-state index contributed by atoms with van der Waals surface area (Å²) < 4.78 is 7.36. The molecule has 0 saturated heterocycles. The van der Waals surface area contributed by atoms with E-state index < -0.39 is 8.32 Å². The van der Waals surface area contributed by atoms with Crippen LogP contribution in [-0.2, 0) is 4.43 Å². The van der Waals surface area contributed by atoms with E-state index in [4.69, 9.17) is 4.43 Å². The molecule has 4 fully saturated rings. The van der Waals surface area contributed by atoms with Crippen LogP contribution in [0.4, 0.5) is 0 Å². The van der Waals surface area contributed by atoms with Crippen LogP contribution in [0, 0.1) is 52.3 Å². The zero-order valence-electron chi connectivity index (χ0n) is 25.7. The van der Waals surface area contributed by atoms with Crippen molar-refractivity contribution in [3.8, 4) is 0 Å². The Morgan fingerprint density at radius 2 is 1.55 bits per heavy atom. The molecule has 10 atom stereocenters. The minimum atomic E-state index is -2.04. The quantitative estimate of drug-likeness (QED) is 0.336. The number of aliphatic hydroxyl groups is 1. The third kappa shape index (κ3) is 5.23. The van der Waals surface area contributed by atoms with Crippen molar-refractivity contribution in [2.45, 2.75) is 131 Å². The Kier molecular flexibility index (Phi) is 8.34. The van der Waals surface area contributed by atoms with E-state index in [0.717, 1.165) is 48.3 Å². The molecule has 214 valence electrons. The van der Waals surface area contributed by atoms with Crippen LogP contribution in [0.3, 0.4) is 0 Å². The Morgan fingerprint density at radius 1 is 0.868 bits per heavy atom. The highest BCUT2D eigenvalue weighted by Crippen LogP contribution is 2.68. The van der Waals surface area contributed by atoms with Crippen molar-refractivity contribution in [3.63, 3.8) is 0 Å². The molecule has 38 heavy (non-hydrogen) atoms. The zero-order valence-corrected chi connectivity index (χ0v) is 26.7. The van der Waals surface area contributed by atoms with E-state index in [1.807, 2.05) is 0 Å². The molecule has 1 aromatic rings. The second-order valence-electron chi connectivity index (χ2n) is 15.7. The van der Waals surface area contributed by atoms with Gasteiger partial charge in [-0.2, -0.15) is 0 Å². The van der Waals surface area contributed by atoms with Gasteiger partial charge in [0.2, 0.25) is 8.32 Å². The van der Waals surface area contributed by atoms with Gasteiger partial charge in [-0.05, 0) is 122 Å². The fourth-order valence-corrected chi connectivity index (χ4v) is 12.8. The summed E-state index contributed by atoms with van der Waals surface area (Å²) in [6.07, 6.45) is 14.4. The van der Waals surface area contributed by atoms with Crippen molar-refractivity contribution in [1.29, 1.82) is 0 Å². The summed E-state index contributed by atoms with van der Waals surface area (Å²) in [5.41, 5.74) is 0.822. The molecule has 5 rings (SSSR count). The van der Waals surface area contributed by atoms with E-state index >= 15 is 0 Å². The van der Waals surface area contributed by atoms with Crippen LogP contribution >= 0.6 is 0 Å². The van der Waals surface area contributed by atoms with Crippen LogP contribution in [0.25, 0.3) is 0 Å². The summed E-state index contributed by atoms with van der Waals surface area (Å²) in [6, 6.07) is 11.0. The molecule has 0 amide bonds. The Hall–Kier alpha value is -0.643. The maximum absolute atomic E-state index is 10.8. The zero-order chi connectivity index (χ0) is 27.3. The topological polar surface area (TPSA) is 29.5 Å². The molecule has 2 nitrogen and oxygen atoms in total. The van der Waals surface area contributed by atoms with E-state index in [2.05, 4.69) is 78.0 Å². The molecule has 0 bridgehead atoms. The second-order valence-corrected chi connectivity index (χ2v) is 19.5. The van der Waals surface area contributed by atoms with Crippen LogP contribution < -0.4 is 5.19 Å². The lowest BCUT2D eigenvalue weighted by Crippen LogP contribution is -2.61. The monoisotopic (exact) mass is 538 g/mol. The summed E-state index contributed by atoms with van der Waals surface area (Å²) in [6.45, 7) is 17.5. The highest BCUT2D eigenvalue weighted by molar-refractivity contribution is 6.84. The van der Waals surface area contributed by atoms with Crippen LogP contribution in [0.1, 0.15) is 105 Å². The van der Waals surface area contributed by atoms with Gasteiger partial charge in [0.15, 0.2) is 0 Å². The van der Waals surface area contributed by atoms with Gasteiger partial charge in [0.05, 0.1) is 6.10 Å². The van der Waals surface area contributed by atoms with Gasteiger partial charge < -0.3 is 9.53 Å². The maximum Gasteiger partial charge on any atom is 0.218 e. The molecule has 1 aromatic carbocycles. The van der Waals surface area contributed by atoms with Gasteiger partial charge in [0.1, 0.15) is 0 Å². The first-order valence-electron chi connectivity index (χ1n) is 16.4. The van der Waals surface area contributed by atoms with Gasteiger partial charge in [-0.3, -0.25) is 0 Å². The van der Waals surface area contributed by atoms with Crippen molar-refractivity contribution >= 4 is 13.5 Å². The van der Waals surface area contributed by atoms with E-state index in [1.54, 1.807) is 0 Å². The Labute approximate surface area is 235 Å². The summed E-state index contributed by atoms with van der Waals surface area (Å²) in [5, 5.41) is 12.2. The number of aliphatic hydroxyl groups excluding tert-OH is 1. The Morgan fingerprint density at radius 3 is 2.26 bits per heavy atom. The maximum atomic E-state index is 10.8.